The normalized spacial score (nSPS) is 11.2. The summed E-state index contributed by atoms with van der Waals surface area (Å²) in [4.78, 5) is 0.993. The largest absolute Gasteiger partial charge is 0.492 e. The highest BCUT2D eigenvalue weighted by molar-refractivity contribution is 7.98. The highest BCUT2D eigenvalue weighted by Gasteiger charge is 2.20. The van der Waals surface area contributed by atoms with E-state index in [1.165, 1.54) is 17.8 Å². The van der Waals surface area contributed by atoms with E-state index in [4.69, 9.17) is 16.3 Å². The van der Waals surface area contributed by atoms with Crippen LogP contribution in [0.2, 0.25) is 5.02 Å². The van der Waals surface area contributed by atoms with Crippen molar-refractivity contribution in [2.75, 3.05) is 17.6 Å². The molecule has 2 rings (SSSR count). The molecule has 0 aliphatic heterocycles. The molecule has 0 atom stereocenters. The van der Waals surface area contributed by atoms with Crippen LogP contribution < -0.4 is 9.46 Å². The van der Waals surface area contributed by atoms with Crippen molar-refractivity contribution in [2.45, 2.75) is 16.7 Å². The van der Waals surface area contributed by atoms with Crippen molar-refractivity contribution in [3.8, 4) is 5.75 Å². The van der Waals surface area contributed by atoms with Gasteiger partial charge in [0.25, 0.3) is 10.0 Å². The Morgan fingerprint density at radius 3 is 2.68 bits per heavy atom. The molecule has 0 fully saturated rings. The van der Waals surface area contributed by atoms with Gasteiger partial charge in [-0.1, -0.05) is 17.7 Å². The van der Waals surface area contributed by atoms with Gasteiger partial charge in [-0.2, -0.15) is 0 Å². The third kappa shape index (κ3) is 4.09. The zero-order valence-electron chi connectivity index (χ0n) is 12.2. The Balaban J connectivity index is 2.39. The third-order valence-corrected chi connectivity index (χ3v) is 5.18. The molecule has 0 aliphatic rings. The molecule has 0 amide bonds. The minimum absolute atomic E-state index is 0.0244. The zero-order chi connectivity index (χ0) is 16.2. The van der Waals surface area contributed by atoms with Gasteiger partial charge >= 0.3 is 0 Å². The van der Waals surface area contributed by atoms with Gasteiger partial charge in [0.2, 0.25) is 0 Å². The van der Waals surface area contributed by atoms with Gasteiger partial charge in [-0.15, -0.1) is 11.8 Å². The van der Waals surface area contributed by atoms with Gasteiger partial charge < -0.3 is 4.74 Å². The highest BCUT2D eigenvalue weighted by Crippen LogP contribution is 2.29. The van der Waals surface area contributed by atoms with Crippen molar-refractivity contribution >= 4 is 39.1 Å². The van der Waals surface area contributed by atoms with Crippen LogP contribution in [0.1, 0.15) is 6.92 Å². The molecule has 22 heavy (non-hydrogen) atoms. The molecule has 4 nitrogen and oxygen atoms in total. The number of rotatable bonds is 6. The molecule has 2 aromatic carbocycles. The van der Waals surface area contributed by atoms with Crippen molar-refractivity contribution in [1.29, 1.82) is 0 Å². The van der Waals surface area contributed by atoms with E-state index in [9.17, 15) is 8.42 Å². The van der Waals surface area contributed by atoms with Crippen molar-refractivity contribution in [3.05, 3.63) is 47.5 Å². The van der Waals surface area contributed by atoms with Gasteiger partial charge in [0.05, 0.1) is 6.61 Å². The second-order valence-electron chi connectivity index (χ2n) is 4.36. The van der Waals surface area contributed by atoms with Crippen molar-refractivity contribution in [1.82, 2.24) is 0 Å². The lowest BCUT2D eigenvalue weighted by atomic mass is 10.3. The maximum atomic E-state index is 12.6. The molecule has 0 spiro atoms. The number of anilines is 1. The monoisotopic (exact) mass is 357 g/mol. The smallest absolute Gasteiger partial charge is 0.265 e. The third-order valence-electron chi connectivity index (χ3n) is 2.82. The second-order valence-corrected chi connectivity index (χ2v) is 7.33. The Hall–Kier alpha value is -1.37. The van der Waals surface area contributed by atoms with E-state index >= 15 is 0 Å². The van der Waals surface area contributed by atoms with Crippen LogP contribution in [0.15, 0.2) is 52.3 Å². The van der Waals surface area contributed by atoms with Gasteiger partial charge in [-0.25, -0.2) is 8.42 Å². The van der Waals surface area contributed by atoms with Crippen molar-refractivity contribution in [3.63, 3.8) is 0 Å². The van der Waals surface area contributed by atoms with Crippen LogP contribution in [0, 0.1) is 0 Å². The van der Waals surface area contributed by atoms with E-state index in [-0.39, 0.29) is 10.6 Å². The lowest BCUT2D eigenvalue weighted by Gasteiger charge is -2.13. The molecule has 0 aromatic heterocycles. The first-order valence-corrected chi connectivity index (χ1v) is 9.64. The summed E-state index contributed by atoms with van der Waals surface area (Å²) in [5.74, 6) is 0.278. The lowest BCUT2D eigenvalue weighted by Crippen LogP contribution is -2.14. The maximum absolute atomic E-state index is 12.6. The minimum atomic E-state index is -3.78. The SMILES string of the molecule is CCOc1ccc(Cl)cc1S(=O)(=O)Nc1cccc(SC)c1. The fourth-order valence-electron chi connectivity index (χ4n) is 1.86. The molecule has 0 heterocycles. The molecule has 7 heteroatoms. The molecule has 0 aliphatic carbocycles. The summed E-state index contributed by atoms with van der Waals surface area (Å²) in [5.41, 5.74) is 0.495. The summed E-state index contributed by atoms with van der Waals surface area (Å²) in [6, 6.07) is 11.7. The van der Waals surface area contributed by atoms with Crippen LogP contribution in [0.3, 0.4) is 0 Å². The van der Waals surface area contributed by atoms with E-state index in [1.807, 2.05) is 12.3 Å². The van der Waals surface area contributed by atoms with Gasteiger partial charge in [0.1, 0.15) is 10.6 Å². The Kier molecular flexibility index (Phi) is 5.61. The quantitative estimate of drug-likeness (QED) is 0.785. The molecule has 0 radical (unpaired) electrons. The van der Waals surface area contributed by atoms with Gasteiger partial charge in [0, 0.05) is 15.6 Å². The molecule has 0 unspecified atom stereocenters. The molecule has 118 valence electrons. The second kappa shape index (κ2) is 7.26. The zero-order valence-corrected chi connectivity index (χ0v) is 14.6. The average Bonchev–Trinajstić information content (AvgIpc) is 2.49. The number of sulfonamides is 1. The first-order chi connectivity index (χ1) is 10.5. The molecule has 1 N–H and O–H groups in total. The molecule has 2 aromatic rings. The number of hydrogen-bond acceptors (Lipinski definition) is 4. The summed E-state index contributed by atoms with van der Waals surface area (Å²) >= 11 is 7.46. The molecule has 0 saturated carbocycles. The highest BCUT2D eigenvalue weighted by atomic mass is 35.5. The average molecular weight is 358 g/mol. The molecular weight excluding hydrogens is 342 g/mol. The Morgan fingerprint density at radius 2 is 2.00 bits per heavy atom. The Bertz CT molecular complexity index is 763. The maximum Gasteiger partial charge on any atom is 0.265 e. The summed E-state index contributed by atoms with van der Waals surface area (Å²) in [7, 11) is -3.78. The first-order valence-electron chi connectivity index (χ1n) is 6.55. The topological polar surface area (TPSA) is 55.4 Å². The van der Waals surface area contributed by atoms with E-state index in [1.54, 1.807) is 37.3 Å². The predicted octanol–water partition coefficient (Wildman–Crippen LogP) is 4.26. The van der Waals surface area contributed by atoms with Crippen LogP contribution in [0.5, 0.6) is 5.75 Å². The first kappa shape index (κ1) is 17.0. The van der Waals surface area contributed by atoms with Crippen LogP contribution in [-0.4, -0.2) is 21.3 Å². The minimum Gasteiger partial charge on any atom is -0.492 e. The summed E-state index contributed by atoms with van der Waals surface area (Å²) < 4.78 is 33.1. The van der Waals surface area contributed by atoms with E-state index in [2.05, 4.69) is 4.72 Å². The summed E-state index contributed by atoms with van der Waals surface area (Å²) in [5, 5.41) is 0.335. The number of hydrogen-bond donors (Lipinski definition) is 1. The van der Waals surface area contributed by atoms with E-state index in [0.717, 1.165) is 4.90 Å². The Morgan fingerprint density at radius 1 is 1.23 bits per heavy atom. The number of halogens is 1. The van der Waals surface area contributed by atoms with Gasteiger partial charge in [0.15, 0.2) is 0 Å². The number of benzene rings is 2. The molecular formula is C15H16ClNO3S2. The summed E-state index contributed by atoms with van der Waals surface area (Å²) in [6.45, 7) is 2.16. The lowest BCUT2D eigenvalue weighted by molar-refractivity contribution is 0.331. The Labute approximate surface area is 139 Å². The molecule has 0 saturated heterocycles. The predicted molar refractivity (Wildman–Crippen MR) is 91.7 cm³/mol. The van der Waals surface area contributed by atoms with Crippen molar-refractivity contribution in [2.24, 2.45) is 0 Å². The summed E-state index contributed by atoms with van der Waals surface area (Å²) in [6.07, 6.45) is 1.93. The van der Waals surface area contributed by atoms with Crippen LogP contribution in [0.4, 0.5) is 5.69 Å². The van der Waals surface area contributed by atoms with Gasteiger partial charge in [-0.3, -0.25) is 4.72 Å². The van der Waals surface area contributed by atoms with Crippen LogP contribution in [-0.2, 0) is 10.0 Å². The fraction of sp³-hybridized carbons (Fsp3) is 0.200. The van der Waals surface area contributed by atoms with Crippen molar-refractivity contribution < 1.29 is 13.2 Å². The van der Waals surface area contributed by atoms with Crippen LogP contribution in [0.25, 0.3) is 0 Å². The number of nitrogens with one attached hydrogen (secondary N) is 1. The van der Waals surface area contributed by atoms with Gasteiger partial charge in [-0.05, 0) is 49.6 Å². The number of thioether (sulfide) groups is 1. The van der Waals surface area contributed by atoms with E-state index < -0.39 is 10.0 Å². The molecule has 0 bridgehead atoms. The fourth-order valence-corrected chi connectivity index (χ4v) is 3.78. The van der Waals surface area contributed by atoms with Crippen LogP contribution >= 0.6 is 23.4 Å². The van der Waals surface area contributed by atoms with E-state index in [0.29, 0.717) is 17.3 Å². The number of ether oxygens (including phenoxy) is 1. The standard InChI is InChI=1S/C15H16ClNO3S2/c1-3-20-14-8-7-11(16)9-15(14)22(18,19)17-12-5-4-6-13(10-12)21-2/h4-10,17H,3H2,1-2H3.